The second-order valence-electron chi connectivity index (χ2n) is 4.05. The molecule has 84 valence electrons. The number of carbonyl (C=O) groups is 1. The molecular weight excluding hydrogens is 217 g/mol. The van der Waals surface area contributed by atoms with Gasteiger partial charge in [0.25, 0.3) is 0 Å². The van der Waals surface area contributed by atoms with E-state index in [1.165, 1.54) is 0 Å². The predicted octanol–water partition coefficient (Wildman–Crippen LogP) is 2.21. The minimum Gasteiger partial charge on any atom is -0.351 e. The Kier molecular flexibility index (Phi) is 7.84. The number of Topliss-reactive ketones (excluding diaryl/α,β-unsaturated/α-hetero) is 1. The summed E-state index contributed by atoms with van der Waals surface area (Å²) in [6.45, 7) is 7.05. The zero-order valence-electron chi connectivity index (χ0n) is 9.13. The number of hydrogen-bond donors (Lipinski definition) is 1. The third-order valence-corrected chi connectivity index (χ3v) is 3.67. The predicted molar refractivity (Wildman–Crippen MR) is 64.9 cm³/mol. The van der Waals surface area contributed by atoms with Crippen molar-refractivity contribution in [3.63, 3.8) is 0 Å². The molecule has 0 saturated heterocycles. The summed E-state index contributed by atoms with van der Waals surface area (Å²) < 4.78 is 5.48. The molecule has 0 rings (SSSR count). The van der Waals surface area contributed by atoms with Gasteiger partial charge in [-0.3, -0.25) is 0 Å². The second-order valence-corrected chi connectivity index (χ2v) is 6.57. The van der Waals surface area contributed by atoms with Gasteiger partial charge >= 0.3 is 0 Å². The number of hydrogen-bond acceptors (Lipinski definition) is 4. The molecule has 0 radical (unpaired) electrons. The van der Waals surface area contributed by atoms with Crippen LogP contribution in [0.4, 0.5) is 0 Å². The average molecular weight is 237 g/mol. The SMILES string of the molecule is CC(=O)CC(C)(C)COPSCCN. The fourth-order valence-electron chi connectivity index (χ4n) is 1.09. The van der Waals surface area contributed by atoms with Crippen LogP contribution < -0.4 is 5.73 Å². The van der Waals surface area contributed by atoms with Crippen molar-refractivity contribution in [2.75, 3.05) is 18.9 Å². The van der Waals surface area contributed by atoms with Crippen molar-refractivity contribution in [1.82, 2.24) is 0 Å². The van der Waals surface area contributed by atoms with Crippen molar-refractivity contribution in [3.8, 4) is 0 Å². The lowest BCUT2D eigenvalue weighted by molar-refractivity contribution is -0.119. The largest absolute Gasteiger partial charge is 0.351 e. The first-order valence-corrected chi connectivity index (χ1v) is 7.28. The Balaban J connectivity index is 3.50. The van der Waals surface area contributed by atoms with E-state index in [0.29, 0.717) is 27.6 Å². The summed E-state index contributed by atoms with van der Waals surface area (Å²) in [5.74, 6) is 1.16. The summed E-state index contributed by atoms with van der Waals surface area (Å²) in [7, 11) is 0.435. The van der Waals surface area contributed by atoms with E-state index in [-0.39, 0.29) is 11.2 Å². The van der Waals surface area contributed by atoms with Crippen molar-refractivity contribution < 1.29 is 9.32 Å². The van der Waals surface area contributed by atoms with E-state index in [9.17, 15) is 4.79 Å². The van der Waals surface area contributed by atoms with Crippen LogP contribution in [0.25, 0.3) is 0 Å². The Hall–Kier alpha value is 0.370. The van der Waals surface area contributed by atoms with Crippen molar-refractivity contribution in [3.05, 3.63) is 0 Å². The number of nitrogens with two attached hydrogens (primary N) is 1. The zero-order chi connectivity index (χ0) is 11.0. The Bertz CT molecular complexity index is 176. The molecule has 0 bridgehead atoms. The van der Waals surface area contributed by atoms with Crippen LogP contribution in [-0.2, 0) is 9.32 Å². The van der Waals surface area contributed by atoms with Crippen LogP contribution in [-0.4, -0.2) is 24.7 Å². The third-order valence-electron chi connectivity index (χ3n) is 1.53. The maximum absolute atomic E-state index is 10.9. The number of rotatable bonds is 8. The molecule has 1 atom stereocenters. The van der Waals surface area contributed by atoms with E-state index < -0.39 is 0 Å². The lowest BCUT2D eigenvalue weighted by atomic mass is 9.89. The zero-order valence-corrected chi connectivity index (χ0v) is 10.9. The molecule has 0 aliphatic rings. The fourth-order valence-corrected chi connectivity index (χ4v) is 2.86. The van der Waals surface area contributed by atoms with Crippen molar-refractivity contribution in [2.24, 2.45) is 11.1 Å². The molecule has 1 unspecified atom stereocenters. The van der Waals surface area contributed by atoms with Gasteiger partial charge in [0, 0.05) is 18.7 Å². The molecule has 0 aliphatic heterocycles. The Morgan fingerprint density at radius 1 is 1.57 bits per heavy atom. The van der Waals surface area contributed by atoms with Gasteiger partial charge in [0.1, 0.15) is 5.78 Å². The Morgan fingerprint density at radius 2 is 2.21 bits per heavy atom. The van der Waals surface area contributed by atoms with E-state index in [4.69, 9.17) is 10.3 Å². The van der Waals surface area contributed by atoms with E-state index in [1.54, 1.807) is 18.3 Å². The molecule has 14 heavy (non-hydrogen) atoms. The molecular formula is C9H20NO2PS. The minimum absolute atomic E-state index is 0.0396. The minimum atomic E-state index is -0.0396. The van der Waals surface area contributed by atoms with Gasteiger partial charge in [0.05, 0.1) is 14.6 Å². The molecule has 0 fully saturated rings. The van der Waals surface area contributed by atoms with Crippen LogP contribution in [0.3, 0.4) is 0 Å². The summed E-state index contributed by atoms with van der Waals surface area (Å²) in [6, 6.07) is 0. The monoisotopic (exact) mass is 237 g/mol. The van der Waals surface area contributed by atoms with Crippen LogP contribution in [0.15, 0.2) is 0 Å². The number of carbonyl (C=O) groups excluding carboxylic acids is 1. The van der Waals surface area contributed by atoms with Crippen molar-refractivity contribution in [1.29, 1.82) is 0 Å². The maximum atomic E-state index is 10.9. The van der Waals surface area contributed by atoms with Crippen molar-refractivity contribution >= 4 is 25.2 Å². The van der Waals surface area contributed by atoms with Crippen molar-refractivity contribution in [2.45, 2.75) is 27.2 Å². The maximum Gasteiger partial charge on any atom is 0.130 e. The summed E-state index contributed by atoms with van der Waals surface area (Å²) in [4.78, 5) is 10.9. The molecule has 0 aliphatic carbocycles. The Morgan fingerprint density at radius 3 is 2.71 bits per heavy atom. The number of ketones is 1. The van der Waals surface area contributed by atoms with Gasteiger partial charge in [-0.2, -0.15) is 0 Å². The van der Waals surface area contributed by atoms with Crippen LogP contribution in [0, 0.1) is 5.41 Å². The van der Waals surface area contributed by atoms with Gasteiger partial charge in [-0.1, -0.05) is 13.8 Å². The van der Waals surface area contributed by atoms with Gasteiger partial charge in [0.15, 0.2) is 0 Å². The van der Waals surface area contributed by atoms with Crippen LogP contribution in [0.1, 0.15) is 27.2 Å². The first-order valence-electron chi connectivity index (χ1n) is 4.66. The molecule has 3 nitrogen and oxygen atoms in total. The van der Waals surface area contributed by atoms with Gasteiger partial charge in [-0.05, 0) is 12.3 Å². The Labute approximate surface area is 92.1 Å². The van der Waals surface area contributed by atoms with E-state index in [1.807, 2.05) is 13.8 Å². The lowest BCUT2D eigenvalue weighted by Gasteiger charge is -2.22. The molecule has 0 heterocycles. The van der Waals surface area contributed by atoms with E-state index >= 15 is 0 Å². The smallest absolute Gasteiger partial charge is 0.130 e. The highest BCUT2D eigenvalue weighted by atomic mass is 32.7. The third kappa shape index (κ3) is 8.95. The molecule has 0 aromatic rings. The molecule has 0 aromatic heterocycles. The molecule has 5 heteroatoms. The van der Waals surface area contributed by atoms with Gasteiger partial charge in [-0.25, -0.2) is 0 Å². The first kappa shape index (κ1) is 14.4. The summed E-state index contributed by atoms with van der Waals surface area (Å²) in [5.41, 5.74) is 5.31. The molecule has 0 spiro atoms. The van der Waals surface area contributed by atoms with Crippen LogP contribution in [0.2, 0.25) is 0 Å². The molecule has 2 N–H and O–H groups in total. The highest BCUT2D eigenvalue weighted by molar-refractivity contribution is 8.48. The van der Waals surface area contributed by atoms with Gasteiger partial charge in [0.2, 0.25) is 0 Å². The fraction of sp³-hybridized carbons (Fsp3) is 0.889. The van der Waals surface area contributed by atoms with Gasteiger partial charge < -0.3 is 15.1 Å². The first-order chi connectivity index (χ1) is 6.48. The van der Waals surface area contributed by atoms with E-state index in [2.05, 4.69) is 0 Å². The molecule has 0 amide bonds. The highest BCUT2D eigenvalue weighted by Crippen LogP contribution is 2.33. The topological polar surface area (TPSA) is 52.3 Å². The lowest BCUT2D eigenvalue weighted by Crippen LogP contribution is -2.20. The van der Waals surface area contributed by atoms with Crippen LogP contribution >= 0.6 is 19.4 Å². The summed E-state index contributed by atoms with van der Waals surface area (Å²) in [5, 5.41) is 0. The standard InChI is InChI=1S/C9H20NO2PS/c1-8(11)6-9(2,3)7-12-13-14-5-4-10/h13H,4-7,10H2,1-3H3. The quantitative estimate of drug-likeness (QED) is 0.519. The summed E-state index contributed by atoms with van der Waals surface area (Å²) >= 11 is 1.71. The molecule has 0 saturated carbocycles. The molecule has 0 aromatic carbocycles. The highest BCUT2D eigenvalue weighted by Gasteiger charge is 2.20. The van der Waals surface area contributed by atoms with Crippen LogP contribution in [0.5, 0.6) is 0 Å². The van der Waals surface area contributed by atoms with Gasteiger partial charge in [-0.15, -0.1) is 11.4 Å². The summed E-state index contributed by atoms with van der Waals surface area (Å²) in [6.07, 6.45) is 0.582. The van der Waals surface area contributed by atoms with E-state index in [0.717, 1.165) is 5.75 Å². The second kappa shape index (κ2) is 7.63. The average Bonchev–Trinajstić information content (AvgIpc) is 2.01. The normalized spacial score (nSPS) is 12.6.